The number of carboxylic acids is 1. The molecule has 0 radical (unpaired) electrons. The fourth-order valence-electron chi connectivity index (χ4n) is 4.42. The highest BCUT2D eigenvalue weighted by Gasteiger charge is 2.13. The predicted molar refractivity (Wildman–Crippen MR) is 178 cm³/mol. The Hall–Kier alpha value is -3.74. The van der Waals surface area contributed by atoms with Crippen LogP contribution in [0, 0.1) is 0 Å². The van der Waals surface area contributed by atoms with Gasteiger partial charge in [-0.2, -0.15) is 0 Å². The Kier molecular flexibility index (Phi) is 10.9. The quantitative estimate of drug-likeness (QED) is 0.158. The topological polar surface area (TPSA) is 69.6 Å². The molecule has 0 bridgehead atoms. The van der Waals surface area contributed by atoms with E-state index in [1.54, 1.807) is 24.3 Å². The lowest BCUT2D eigenvalue weighted by Gasteiger charge is -2.24. The number of benzene rings is 4. The molecule has 0 atom stereocenters. The van der Waals surface area contributed by atoms with E-state index in [-0.39, 0.29) is 18.9 Å². The van der Waals surface area contributed by atoms with E-state index >= 15 is 0 Å². The number of carbonyl (C=O) groups is 2. The van der Waals surface area contributed by atoms with Crippen molar-refractivity contribution in [1.29, 1.82) is 0 Å². The number of allylic oxidation sites excluding steroid dienone is 2. The molecule has 220 valence electrons. The molecule has 0 aliphatic heterocycles. The summed E-state index contributed by atoms with van der Waals surface area (Å²) in [6.07, 6.45) is 1.85. The maximum atomic E-state index is 12.4. The number of amides is 1. The summed E-state index contributed by atoms with van der Waals surface area (Å²) in [6.45, 7) is 4.88. The first-order valence-corrected chi connectivity index (χ1v) is 14.7. The van der Waals surface area contributed by atoms with Crippen LogP contribution < -0.4 is 5.32 Å². The van der Waals surface area contributed by atoms with E-state index in [2.05, 4.69) is 16.8 Å². The van der Waals surface area contributed by atoms with E-state index in [1.165, 1.54) is 0 Å². The van der Waals surface area contributed by atoms with Crippen molar-refractivity contribution in [3.8, 4) is 11.1 Å². The van der Waals surface area contributed by atoms with E-state index in [0.717, 1.165) is 39.1 Å². The maximum Gasteiger partial charge on any atom is 0.305 e. The smallest absolute Gasteiger partial charge is 0.305 e. The highest BCUT2D eigenvalue weighted by molar-refractivity contribution is 6.42. The second-order valence-corrected chi connectivity index (χ2v) is 11.6. The Labute approximate surface area is 271 Å². The third kappa shape index (κ3) is 8.88. The van der Waals surface area contributed by atoms with Crippen LogP contribution in [0.3, 0.4) is 0 Å². The minimum atomic E-state index is -0.965. The molecule has 0 spiro atoms. The van der Waals surface area contributed by atoms with Gasteiger partial charge in [0.2, 0.25) is 0 Å². The van der Waals surface area contributed by atoms with Crippen molar-refractivity contribution in [2.24, 2.45) is 0 Å². The lowest BCUT2D eigenvalue weighted by molar-refractivity contribution is -0.136. The van der Waals surface area contributed by atoms with E-state index in [0.29, 0.717) is 32.2 Å². The van der Waals surface area contributed by atoms with Crippen LogP contribution in [-0.2, 0) is 11.3 Å². The summed E-state index contributed by atoms with van der Waals surface area (Å²) in [4.78, 5) is 25.2. The molecule has 0 fully saturated rings. The Morgan fingerprint density at radius 3 is 2.00 bits per heavy atom. The Bertz CT molecular complexity index is 1660. The molecule has 0 saturated heterocycles. The fraction of sp³-hybridized carbons (Fsp3) is 0.118. The van der Waals surface area contributed by atoms with Crippen LogP contribution in [0.15, 0.2) is 97.6 Å². The molecule has 0 heterocycles. The van der Waals surface area contributed by atoms with Gasteiger partial charge in [-0.3, -0.25) is 9.59 Å². The van der Waals surface area contributed by atoms with Crippen LogP contribution in [0.25, 0.3) is 22.4 Å². The van der Waals surface area contributed by atoms with Crippen molar-refractivity contribution < 1.29 is 14.7 Å². The van der Waals surface area contributed by atoms with Crippen LogP contribution in [0.4, 0.5) is 0 Å². The average molecular weight is 654 g/mol. The second kappa shape index (κ2) is 14.6. The van der Waals surface area contributed by atoms with Crippen LogP contribution in [-0.4, -0.2) is 35.5 Å². The third-order valence-corrected chi connectivity index (χ3v) is 7.82. The first-order valence-electron chi connectivity index (χ1n) is 13.2. The number of aliphatic carboxylic acids is 1. The van der Waals surface area contributed by atoms with Crippen molar-refractivity contribution in [3.05, 3.63) is 140 Å². The zero-order valence-electron chi connectivity index (χ0n) is 23.2. The largest absolute Gasteiger partial charge is 0.481 e. The van der Waals surface area contributed by atoms with Gasteiger partial charge in [-0.15, -0.1) is 0 Å². The van der Waals surface area contributed by atoms with Gasteiger partial charge in [0.25, 0.3) is 5.91 Å². The zero-order valence-corrected chi connectivity index (χ0v) is 26.2. The standard InChI is InChI=1S/C34H28Cl4N2O3/c1-21(27-16-28(35)19-29(36)17-27)15-32(24-9-7-23(8-10-24)26-11-12-30(37)31(38)18-26)40(2)20-22-3-5-25(6-4-22)34(43)39-14-13-33(41)42/h3-12,15-19H,1,13-14,20H2,2H3,(H,39,43)(H,41,42)/b32-15-. The lowest BCUT2D eigenvalue weighted by Crippen LogP contribution is -2.26. The van der Waals surface area contributed by atoms with E-state index in [1.807, 2.05) is 73.8 Å². The van der Waals surface area contributed by atoms with Crippen molar-refractivity contribution in [1.82, 2.24) is 10.2 Å². The van der Waals surface area contributed by atoms with Crippen LogP contribution >= 0.6 is 46.4 Å². The van der Waals surface area contributed by atoms with E-state index < -0.39 is 5.97 Å². The lowest BCUT2D eigenvalue weighted by atomic mass is 9.99. The molecular formula is C34H28Cl4N2O3. The molecule has 0 aliphatic carbocycles. The first-order chi connectivity index (χ1) is 20.5. The van der Waals surface area contributed by atoms with Gasteiger partial charge < -0.3 is 15.3 Å². The molecule has 1 amide bonds. The molecule has 0 unspecified atom stereocenters. The summed E-state index contributed by atoms with van der Waals surface area (Å²) in [5, 5.41) is 13.4. The molecule has 0 aliphatic rings. The molecule has 4 aromatic rings. The average Bonchev–Trinajstić information content (AvgIpc) is 2.97. The molecule has 5 nitrogen and oxygen atoms in total. The number of nitrogens with zero attached hydrogens (tertiary/aromatic N) is 1. The fourth-order valence-corrected chi connectivity index (χ4v) is 5.24. The number of rotatable bonds is 11. The Balaban J connectivity index is 1.61. The summed E-state index contributed by atoms with van der Waals surface area (Å²) >= 11 is 24.9. The molecule has 4 aromatic carbocycles. The van der Waals surface area contributed by atoms with E-state index in [9.17, 15) is 9.59 Å². The summed E-state index contributed by atoms with van der Waals surface area (Å²) in [7, 11) is 1.98. The van der Waals surface area contributed by atoms with Crippen molar-refractivity contribution in [3.63, 3.8) is 0 Å². The summed E-state index contributed by atoms with van der Waals surface area (Å²) in [5.74, 6) is -1.28. The second-order valence-electron chi connectivity index (χ2n) is 9.87. The zero-order chi connectivity index (χ0) is 31.1. The number of nitrogens with one attached hydrogen (secondary N) is 1. The predicted octanol–water partition coefficient (Wildman–Crippen LogP) is 9.36. The number of hydrogen-bond donors (Lipinski definition) is 2. The number of halogens is 4. The number of carbonyl (C=O) groups excluding carboxylic acids is 1. The third-order valence-electron chi connectivity index (χ3n) is 6.65. The van der Waals surface area contributed by atoms with Crippen molar-refractivity contribution in [2.45, 2.75) is 13.0 Å². The summed E-state index contributed by atoms with van der Waals surface area (Å²) in [6, 6.07) is 26.1. The van der Waals surface area contributed by atoms with Crippen LogP contribution in [0.2, 0.25) is 20.1 Å². The van der Waals surface area contributed by atoms with Gasteiger partial charge in [0.1, 0.15) is 0 Å². The molecule has 0 saturated carbocycles. The Morgan fingerprint density at radius 1 is 0.791 bits per heavy atom. The molecule has 0 aromatic heterocycles. The minimum absolute atomic E-state index is 0.0678. The summed E-state index contributed by atoms with van der Waals surface area (Å²) < 4.78 is 0. The first kappa shape index (κ1) is 32.2. The number of carboxylic acid groups (broad SMARTS) is 1. The maximum absolute atomic E-state index is 12.4. The Morgan fingerprint density at radius 2 is 1.40 bits per heavy atom. The van der Waals surface area contributed by atoms with E-state index in [4.69, 9.17) is 51.5 Å². The van der Waals surface area contributed by atoms with Gasteiger partial charge in [-0.05, 0) is 81.9 Å². The van der Waals surface area contributed by atoms with Gasteiger partial charge in [0.05, 0.1) is 16.5 Å². The molecular weight excluding hydrogens is 626 g/mol. The van der Waals surface area contributed by atoms with Crippen LogP contribution in [0.5, 0.6) is 0 Å². The van der Waals surface area contributed by atoms with Gasteiger partial charge in [-0.25, -0.2) is 0 Å². The molecule has 9 heteroatoms. The normalized spacial score (nSPS) is 11.2. The highest BCUT2D eigenvalue weighted by Crippen LogP contribution is 2.32. The minimum Gasteiger partial charge on any atom is -0.481 e. The monoisotopic (exact) mass is 652 g/mol. The highest BCUT2D eigenvalue weighted by atomic mass is 35.5. The van der Waals surface area contributed by atoms with Crippen molar-refractivity contribution >= 4 is 69.6 Å². The van der Waals surface area contributed by atoms with Gasteiger partial charge in [0.15, 0.2) is 0 Å². The van der Waals surface area contributed by atoms with Crippen LogP contribution in [0.1, 0.15) is 33.5 Å². The molecule has 4 rings (SSSR count). The van der Waals surface area contributed by atoms with Gasteiger partial charge in [0, 0.05) is 41.4 Å². The SMILES string of the molecule is C=C(/C=C(/c1ccc(-c2ccc(Cl)c(Cl)c2)cc1)N(C)Cc1ccc(C(=O)NCCC(=O)O)cc1)c1cc(Cl)cc(Cl)c1. The van der Waals surface area contributed by atoms with Crippen molar-refractivity contribution in [2.75, 3.05) is 13.6 Å². The van der Waals surface area contributed by atoms with Gasteiger partial charge >= 0.3 is 5.97 Å². The molecule has 43 heavy (non-hydrogen) atoms. The van der Waals surface area contributed by atoms with Gasteiger partial charge in [-0.1, -0.05) is 95.4 Å². The summed E-state index contributed by atoms with van der Waals surface area (Å²) in [5.41, 5.74) is 6.75. The number of hydrogen-bond acceptors (Lipinski definition) is 3. The molecule has 2 N–H and O–H groups in total.